The number of hydrogen-bond acceptors (Lipinski definition) is 16. The molecule has 446 valence electrons. The first-order chi connectivity index (χ1) is 40.8. The second-order valence-corrected chi connectivity index (χ2v) is 24.5. The zero-order chi connectivity index (χ0) is 58.7. The minimum Gasteiger partial charge on any atom is -0.492 e. The van der Waals surface area contributed by atoms with E-state index in [1.807, 2.05) is 66.9 Å². The molecule has 0 amide bonds. The Bertz CT molecular complexity index is 3390. The van der Waals surface area contributed by atoms with E-state index in [0.717, 1.165) is 46.1 Å². The normalized spacial score (nSPS) is 30.5. The number of aldehydes is 1. The number of ether oxygens (including phenoxy) is 5. The van der Waals surface area contributed by atoms with Crippen molar-refractivity contribution in [3.63, 3.8) is 0 Å². The molecule has 11 unspecified atom stereocenters. The quantitative estimate of drug-likeness (QED) is 0.0289. The van der Waals surface area contributed by atoms with E-state index in [1.54, 1.807) is 20.1 Å². The summed E-state index contributed by atoms with van der Waals surface area (Å²) in [5, 5.41) is 85.1. The first-order valence-electron chi connectivity index (χ1n) is 30.1. The van der Waals surface area contributed by atoms with E-state index in [0.29, 0.717) is 74.8 Å². The number of fused-ring (bicyclic) bond motifs is 10. The van der Waals surface area contributed by atoms with Crippen molar-refractivity contribution in [2.24, 2.45) is 41.4 Å². The fourth-order valence-corrected chi connectivity index (χ4v) is 16.0. The smallest absolute Gasteiger partial charge is 0.375 e. The Balaban J connectivity index is 1.07. The molecular formula is C67H78N2O15. The summed E-state index contributed by atoms with van der Waals surface area (Å²) in [4.78, 5) is 48.8. The maximum Gasteiger partial charge on any atom is 0.375 e. The largest absolute Gasteiger partial charge is 0.492 e. The van der Waals surface area contributed by atoms with E-state index in [9.17, 15) is 50.1 Å². The monoisotopic (exact) mass is 1150 g/mol. The number of likely N-dealkylation sites (tertiary alicyclic amines) is 1. The van der Waals surface area contributed by atoms with Crippen LogP contribution in [-0.2, 0) is 56.1 Å². The van der Waals surface area contributed by atoms with Gasteiger partial charge in [0, 0.05) is 111 Å². The molecule has 5 heterocycles. The number of aromatic amines is 1. The number of ketones is 1. The van der Waals surface area contributed by atoms with Crippen molar-refractivity contribution >= 4 is 34.5 Å². The first-order valence-corrected chi connectivity index (χ1v) is 30.1. The zero-order valence-corrected chi connectivity index (χ0v) is 47.9. The topological polar surface area (TPSA) is 258 Å². The lowest BCUT2D eigenvalue weighted by Crippen LogP contribution is -2.72. The molecule has 84 heavy (non-hydrogen) atoms. The molecule has 2 fully saturated rings. The number of esters is 1. The van der Waals surface area contributed by atoms with E-state index in [1.165, 1.54) is 0 Å². The number of carbonyl (C=O) groups is 3. The van der Waals surface area contributed by atoms with Crippen molar-refractivity contribution in [3.8, 4) is 17.2 Å². The highest BCUT2D eigenvalue weighted by molar-refractivity contribution is 6.11. The van der Waals surface area contributed by atoms with E-state index < -0.39 is 83.2 Å². The fourth-order valence-electron chi connectivity index (χ4n) is 16.0. The molecule has 12 rings (SSSR count). The van der Waals surface area contributed by atoms with Crippen LogP contribution in [0.15, 0.2) is 102 Å². The lowest BCUT2D eigenvalue weighted by atomic mass is 9.48. The number of rotatable bonds is 16. The zero-order valence-electron chi connectivity index (χ0n) is 47.9. The Morgan fingerprint density at radius 2 is 1.77 bits per heavy atom. The lowest BCUT2D eigenvalue weighted by Gasteiger charge is -2.62. The Morgan fingerprint density at radius 1 is 0.952 bits per heavy atom. The van der Waals surface area contributed by atoms with Crippen LogP contribution in [0.25, 0.3) is 16.5 Å². The summed E-state index contributed by atoms with van der Waals surface area (Å²) in [6.07, 6.45) is 15.4. The number of H-pyrrole nitrogens is 1. The van der Waals surface area contributed by atoms with E-state index in [4.69, 9.17) is 23.7 Å². The van der Waals surface area contributed by atoms with Crippen molar-refractivity contribution in [1.82, 2.24) is 9.88 Å². The van der Waals surface area contributed by atoms with Crippen LogP contribution < -0.4 is 14.2 Å². The molecule has 2 bridgehead atoms. The molecule has 8 aliphatic rings. The van der Waals surface area contributed by atoms with Gasteiger partial charge in [0.15, 0.2) is 11.9 Å². The van der Waals surface area contributed by atoms with Crippen LogP contribution in [0.3, 0.4) is 0 Å². The highest BCUT2D eigenvalue weighted by atomic mass is 16.6. The van der Waals surface area contributed by atoms with Crippen LogP contribution in [0, 0.1) is 41.4 Å². The summed E-state index contributed by atoms with van der Waals surface area (Å²) in [6.45, 7) is 2.19. The molecule has 1 saturated heterocycles. The minimum atomic E-state index is -1.84. The summed E-state index contributed by atoms with van der Waals surface area (Å²) < 4.78 is 32.5. The molecule has 3 aromatic carbocycles. The van der Waals surface area contributed by atoms with Gasteiger partial charge in [0.1, 0.15) is 34.2 Å². The molecule has 1 aromatic heterocycles. The molecule has 8 N–H and O–H groups in total. The summed E-state index contributed by atoms with van der Waals surface area (Å²) in [6, 6.07) is 13.8. The average Bonchev–Trinajstić information content (AvgIpc) is 1.37. The van der Waals surface area contributed by atoms with Gasteiger partial charge in [-0.1, -0.05) is 54.1 Å². The van der Waals surface area contributed by atoms with Gasteiger partial charge in [0.2, 0.25) is 5.76 Å². The second-order valence-electron chi connectivity index (χ2n) is 24.5. The predicted molar refractivity (Wildman–Crippen MR) is 311 cm³/mol. The summed E-state index contributed by atoms with van der Waals surface area (Å²) >= 11 is 0. The SMILES string of the molecule is CCOC(=O)C1=C(C=O)C2=C3CC(CO)C(=O)C(C3)c3cc4cc[nH]c4cc3CCC(CO)COc3c4c(c(CO)c(c32)O1)OC1(C=CC2C(CO)C=CC(O)(CCc3ccccc3CCO)C3=CC5CN(CCCOC)CCC5C1(O)C32)C4. The second kappa shape index (κ2) is 23.5. The van der Waals surface area contributed by atoms with Gasteiger partial charge in [0.25, 0.3) is 0 Å². The number of nitrogens with one attached hydrogen (secondary N) is 1. The molecule has 4 aliphatic carbocycles. The number of piperidine rings is 1. The standard InChI is InChI=1S/C67H78N2O15/c1-3-81-64(77)63-51(35-74)56-44-25-46(34-73)59(76)49(27-44)48-26-42-14-20-68-55(42)29-41(48)10-9-38(32-71)37-82-61-50-30-66(84-60(50)52(36-75)62(83-63)57(56)61)19-13-47-43(33-72)12-18-65(78,17-11-39-7-4-5-8-40(39)16-23-70)54-28-45-31-69(21-6-24-80-2)22-15-53(45)67(66,79)58(47)54/h4-5,7-8,12-14,18-20,26,28-29,35,38,43,45-47,49,53,58,68,70-73,75,78-79H,3,6,9-11,15-17,21-25,27,30-34,36-37H2,1-2H3. The molecule has 4 aliphatic heterocycles. The third-order valence-electron chi connectivity index (χ3n) is 20.1. The van der Waals surface area contributed by atoms with Crippen molar-refractivity contribution in [1.29, 1.82) is 0 Å². The Labute approximate surface area is 488 Å². The third kappa shape index (κ3) is 9.62. The number of allylic oxidation sites excluding steroid dienone is 4. The number of methoxy groups -OCH3 is 1. The van der Waals surface area contributed by atoms with E-state index >= 15 is 0 Å². The molecule has 0 radical (unpaired) electrons. The van der Waals surface area contributed by atoms with E-state index in [2.05, 4.69) is 16.0 Å². The minimum absolute atomic E-state index is 0.00266. The van der Waals surface area contributed by atoms with E-state index in [-0.39, 0.29) is 110 Å². The molecule has 17 heteroatoms. The Kier molecular flexibility index (Phi) is 16.3. The van der Waals surface area contributed by atoms with Crippen LogP contribution in [0.1, 0.15) is 90.3 Å². The maximum absolute atomic E-state index is 14.9. The highest BCUT2D eigenvalue weighted by Gasteiger charge is 2.71. The van der Waals surface area contributed by atoms with Crippen LogP contribution >= 0.6 is 0 Å². The highest BCUT2D eigenvalue weighted by Crippen LogP contribution is 2.66. The molecular weight excluding hydrogens is 1070 g/mol. The maximum atomic E-state index is 14.9. The first kappa shape index (κ1) is 58.1. The van der Waals surface area contributed by atoms with Crippen LogP contribution in [-0.4, -0.2) is 153 Å². The summed E-state index contributed by atoms with van der Waals surface area (Å²) in [5.41, 5.74) is 1.30. The molecule has 1 spiro atoms. The predicted octanol–water partition coefficient (Wildman–Crippen LogP) is 5.71. The number of Topliss-reactive ketones (excluding diaryl/α,β-unsaturated/α-hetero) is 1. The molecule has 4 aromatic rings. The Morgan fingerprint density at radius 3 is 2.51 bits per heavy atom. The van der Waals surface area contributed by atoms with Crippen molar-refractivity contribution in [2.45, 2.75) is 100 Å². The van der Waals surface area contributed by atoms with Crippen molar-refractivity contribution < 1.29 is 73.8 Å². The van der Waals surface area contributed by atoms with Crippen LogP contribution in [0.5, 0.6) is 17.2 Å². The molecule has 11 atom stereocenters. The third-order valence-corrected chi connectivity index (χ3v) is 20.1. The summed E-state index contributed by atoms with van der Waals surface area (Å²) in [7, 11) is 1.68. The van der Waals surface area contributed by atoms with Crippen molar-refractivity contribution in [2.75, 3.05) is 73.0 Å². The van der Waals surface area contributed by atoms with Gasteiger partial charge in [-0.3, -0.25) is 9.59 Å². The number of aliphatic hydroxyl groups is 7. The van der Waals surface area contributed by atoms with Gasteiger partial charge in [-0.15, -0.1) is 0 Å². The van der Waals surface area contributed by atoms with Gasteiger partial charge in [-0.05, 0) is 141 Å². The van der Waals surface area contributed by atoms with Gasteiger partial charge >= 0.3 is 5.97 Å². The Hall–Kier alpha value is -6.25. The number of aliphatic hydroxyl groups excluding tert-OH is 5. The van der Waals surface area contributed by atoms with Crippen LogP contribution in [0.4, 0.5) is 0 Å². The summed E-state index contributed by atoms with van der Waals surface area (Å²) in [5.74, 6) is -6.22. The number of carbonyl (C=O) groups excluding carboxylic acids is 3. The average molecular weight is 1150 g/mol. The molecule has 17 nitrogen and oxygen atoms in total. The lowest BCUT2D eigenvalue weighted by molar-refractivity contribution is -0.206. The fraction of sp³-hybridized carbons (Fsp3) is 0.507. The van der Waals surface area contributed by atoms with Gasteiger partial charge in [-0.2, -0.15) is 0 Å². The number of hydrogen-bond donors (Lipinski definition) is 8. The van der Waals surface area contributed by atoms with Crippen molar-refractivity contribution in [3.05, 3.63) is 140 Å². The number of benzene rings is 3. The van der Waals surface area contributed by atoms with Gasteiger partial charge in [-0.25, -0.2) is 4.79 Å². The number of aromatic nitrogens is 1. The van der Waals surface area contributed by atoms with Gasteiger partial charge < -0.3 is 69.3 Å². The molecule has 1 saturated carbocycles. The number of aryl methyl sites for hydroxylation is 2. The van der Waals surface area contributed by atoms with Gasteiger partial charge in [0.05, 0.1) is 43.1 Å². The number of nitrogens with zero attached hydrogens (tertiary/aromatic N) is 1. The van der Waals surface area contributed by atoms with Crippen LogP contribution in [0.2, 0.25) is 0 Å².